The Bertz CT molecular complexity index is 607. The van der Waals surface area contributed by atoms with Crippen LogP contribution in [0.15, 0.2) is 60.7 Å². The van der Waals surface area contributed by atoms with Crippen LogP contribution in [0.2, 0.25) is 0 Å². The first kappa shape index (κ1) is 14.6. The van der Waals surface area contributed by atoms with Crippen LogP contribution in [0, 0.1) is 0 Å². The van der Waals surface area contributed by atoms with Crippen molar-refractivity contribution in [3.8, 4) is 0 Å². The molecule has 114 valence electrons. The Hall–Kier alpha value is -2.33. The quantitative estimate of drug-likeness (QED) is 0.870. The molecule has 0 saturated carbocycles. The van der Waals surface area contributed by atoms with Gasteiger partial charge in [-0.3, -0.25) is 9.80 Å². The summed E-state index contributed by atoms with van der Waals surface area (Å²) in [7, 11) is 1.85. The van der Waals surface area contributed by atoms with Crippen molar-refractivity contribution in [3.05, 3.63) is 66.2 Å². The van der Waals surface area contributed by atoms with Gasteiger partial charge in [-0.25, -0.2) is 5.01 Å². The predicted molar refractivity (Wildman–Crippen MR) is 88.8 cm³/mol. The summed E-state index contributed by atoms with van der Waals surface area (Å²) in [5.41, 5.74) is 1.98. The smallest absolute Gasteiger partial charge is 0.267 e. The zero-order valence-electron chi connectivity index (χ0n) is 12.9. The maximum absolute atomic E-state index is 12.5. The van der Waals surface area contributed by atoms with Crippen LogP contribution in [0.1, 0.15) is 10.4 Å². The number of benzene rings is 2. The number of carbonyl (C=O) groups is 1. The minimum atomic E-state index is 0.0498. The number of amides is 1. The number of hydrogen-bond donors (Lipinski definition) is 0. The Morgan fingerprint density at radius 3 is 2.00 bits per heavy atom. The number of piperazine rings is 1. The van der Waals surface area contributed by atoms with E-state index in [1.165, 1.54) is 5.69 Å². The van der Waals surface area contributed by atoms with Crippen molar-refractivity contribution in [2.24, 2.45) is 0 Å². The van der Waals surface area contributed by atoms with Crippen LogP contribution < -0.4 is 4.90 Å². The molecular formula is C18H21N3O. The van der Waals surface area contributed by atoms with E-state index in [1.807, 2.05) is 43.4 Å². The summed E-state index contributed by atoms with van der Waals surface area (Å²) in [6, 6.07) is 19.9. The Kier molecular flexibility index (Phi) is 4.39. The second kappa shape index (κ2) is 6.62. The lowest BCUT2D eigenvalue weighted by atomic mass is 10.2. The lowest BCUT2D eigenvalue weighted by Crippen LogP contribution is -2.54. The molecule has 0 spiro atoms. The van der Waals surface area contributed by atoms with Crippen LogP contribution in [0.4, 0.5) is 5.69 Å². The lowest BCUT2D eigenvalue weighted by Gasteiger charge is -2.40. The molecule has 2 aromatic carbocycles. The summed E-state index contributed by atoms with van der Waals surface area (Å²) in [6.45, 7) is 3.56. The van der Waals surface area contributed by atoms with Gasteiger partial charge in [-0.15, -0.1) is 0 Å². The number of carbonyl (C=O) groups excluding carboxylic acids is 1. The van der Waals surface area contributed by atoms with Crippen LogP contribution in [-0.2, 0) is 0 Å². The van der Waals surface area contributed by atoms with E-state index >= 15 is 0 Å². The molecule has 0 bridgehead atoms. The van der Waals surface area contributed by atoms with Crippen LogP contribution in [-0.4, -0.2) is 49.2 Å². The molecule has 2 aromatic rings. The molecule has 1 amide bonds. The lowest BCUT2D eigenvalue weighted by molar-refractivity contribution is 0.00264. The molecule has 1 aliphatic heterocycles. The van der Waals surface area contributed by atoms with Gasteiger partial charge in [0.25, 0.3) is 5.91 Å². The topological polar surface area (TPSA) is 26.8 Å². The van der Waals surface area contributed by atoms with E-state index in [2.05, 4.69) is 34.2 Å². The predicted octanol–water partition coefficient (Wildman–Crippen LogP) is 2.50. The summed E-state index contributed by atoms with van der Waals surface area (Å²) < 4.78 is 0. The van der Waals surface area contributed by atoms with E-state index in [0.29, 0.717) is 0 Å². The third-order valence-electron chi connectivity index (χ3n) is 4.12. The Morgan fingerprint density at radius 2 is 1.41 bits per heavy atom. The highest BCUT2D eigenvalue weighted by atomic mass is 16.2. The van der Waals surface area contributed by atoms with Crippen molar-refractivity contribution in [2.75, 3.05) is 38.1 Å². The first-order valence-corrected chi connectivity index (χ1v) is 7.63. The first-order chi connectivity index (χ1) is 10.8. The Balaban J connectivity index is 1.60. The van der Waals surface area contributed by atoms with Gasteiger partial charge in [-0.1, -0.05) is 36.4 Å². The monoisotopic (exact) mass is 295 g/mol. The Labute approximate surface area is 131 Å². The standard InChI is InChI=1S/C18H21N3O/c1-19(18(22)16-8-4-2-5-9-16)21-14-12-20(13-15-21)17-10-6-3-7-11-17/h2-11H,12-15H2,1H3. The van der Waals surface area contributed by atoms with Crippen molar-refractivity contribution in [3.63, 3.8) is 0 Å². The third kappa shape index (κ3) is 3.12. The fraction of sp³-hybridized carbons (Fsp3) is 0.278. The molecular weight excluding hydrogens is 274 g/mol. The summed E-state index contributed by atoms with van der Waals surface area (Å²) >= 11 is 0. The van der Waals surface area contributed by atoms with Gasteiger partial charge in [0.2, 0.25) is 0 Å². The molecule has 4 heteroatoms. The zero-order valence-corrected chi connectivity index (χ0v) is 12.9. The molecule has 0 unspecified atom stereocenters. The van der Waals surface area contributed by atoms with Crippen molar-refractivity contribution >= 4 is 11.6 Å². The van der Waals surface area contributed by atoms with Crippen LogP contribution in [0.25, 0.3) is 0 Å². The van der Waals surface area contributed by atoms with Gasteiger partial charge in [0.15, 0.2) is 0 Å². The van der Waals surface area contributed by atoms with E-state index in [9.17, 15) is 4.79 Å². The number of nitrogens with zero attached hydrogens (tertiary/aromatic N) is 3. The van der Waals surface area contributed by atoms with Crippen LogP contribution in [0.5, 0.6) is 0 Å². The van der Waals surface area contributed by atoms with E-state index < -0.39 is 0 Å². The van der Waals surface area contributed by atoms with Crippen molar-refractivity contribution in [1.29, 1.82) is 0 Å². The van der Waals surface area contributed by atoms with Crippen molar-refractivity contribution < 1.29 is 4.79 Å². The number of hydrogen-bond acceptors (Lipinski definition) is 3. The normalized spacial score (nSPS) is 15.6. The van der Waals surface area contributed by atoms with Crippen LogP contribution in [0.3, 0.4) is 0 Å². The molecule has 4 nitrogen and oxygen atoms in total. The number of rotatable bonds is 3. The maximum Gasteiger partial charge on any atom is 0.267 e. The molecule has 1 heterocycles. The molecule has 0 atom stereocenters. The van der Waals surface area contributed by atoms with E-state index in [-0.39, 0.29) is 5.91 Å². The van der Waals surface area contributed by atoms with Crippen molar-refractivity contribution in [1.82, 2.24) is 10.0 Å². The number of anilines is 1. The van der Waals surface area contributed by atoms with Gasteiger partial charge < -0.3 is 4.90 Å². The largest absolute Gasteiger partial charge is 0.369 e. The highest BCUT2D eigenvalue weighted by molar-refractivity contribution is 5.93. The molecule has 0 N–H and O–H groups in total. The van der Waals surface area contributed by atoms with Gasteiger partial charge >= 0.3 is 0 Å². The minimum absolute atomic E-state index is 0.0498. The van der Waals surface area contributed by atoms with Gasteiger partial charge in [-0.05, 0) is 24.3 Å². The summed E-state index contributed by atoms with van der Waals surface area (Å²) in [6.07, 6.45) is 0. The van der Waals surface area contributed by atoms with E-state index in [4.69, 9.17) is 0 Å². The van der Waals surface area contributed by atoms with Crippen LogP contribution >= 0.6 is 0 Å². The third-order valence-corrected chi connectivity index (χ3v) is 4.12. The second-order valence-electron chi connectivity index (χ2n) is 5.47. The summed E-state index contributed by atoms with van der Waals surface area (Å²) in [5, 5.41) is 3.87. The molecule has 3 rings (SSSR count). The Morgan fingerprint density at radius 1 is 0.864 bits per heavy atom. The molecule has 1 fully saturated rings. The summed E-state index contributed by atoms with van der Waals surface area (Å²) in [4.78, 5) is 14.8. The molecule has 0 radical (unpaired) electrons. The maximum atomic E-state index is 12.5. The number of hydrazine groups is 1. The van der Waals surface area contributed by atoms with E-state index in [0.717, 1.165) is 31.7 Å². The van der Waals surface area contributed by atoms with Gasteiger partial charge in [0.05, 0.1) is 0 Å². The molecule has 0 aliphatic carbocycles. The van der Waals surface area contributed by atoms with Gasteiger partial charge in [-0.2, -0.15) is 0 Å². The average Bonchev–Trinajstić information content (AvgIpc) is 2.62. The summed E-state index contributed by atoms with van der Waals surface area (Å²) in [5.74, 6) is 0.0498. The second-order valence-corrected chi connectivity index (χ2v) is 5.47. The fourth-order valence-corrected chi connectivity index (χ4v) is 2.79. The van der Waals surface area contributed by atoms with Crippen molar-refractivity contribution in [2.45, 2.75) is 0 Å². The molecule has 0 aromatic heterocycles. The highest BCUT2D eigenvalue weighted by Crippen LogP contribution is 2.16. The molecule has 22 heavy (non-hydrogen) atoms. The van der Waals surface area contributed by atoms with E-state index in [1.54, 1.807) is 5.01 Å². The first-order valence-electron chi connectivity index (χ1n) is 7.63. The fourth-order valence-electron chi connectivity index (χ4n) is 2.79. The average molecular weight is 295 g/mol. The molecule has 1 aliphatic rings. The highest BCUT2D eigenvalue weighted by Gasteiger charge is 2.23. The molecule has 1 saturated heterocycles. The van der Waals surface area contributed by atoms with Gasteiger partial charge in [0.1, 0.15) is 0 Å². The number of para-hydroxylation sites is 1. The van der Waals surface area contributed by atoms with Gasteiger partial charge in [0, 0.05) is 44.5 Å². The minimum Gasteiger partial charge on any atom is -0.369 e. The zero-order chi connectivity index (χ0) is 15.4. The SMILES string of the molecule is CN(C(=O)c1ccccc1)N1CCN(c2ccccc2)CC1.